The highest BCUT2D eigenvalue weighted by molar-refractivity contribution is 4.85. The zero-order valence-electron chi connectivity index (χ0n) is 9.94. The highest BCUT2D eigenvalue weighted by Gasteiger charge is 2.19. The first kappa shape index (κ1) is 13.0. The molecule has 0 saturated heterocycles. The van der Waals surface area contributed by atoms with Crippen molar-refractivity contribution in [1.29, 1.82) is 0 Å². The average Bonchev–Trinajstić information content (AvgIpc) is 1.95. The maximum Gasteiger partial charge on any atom is 0.0517 e. The van der Waals surface area contributed by atoms with Crippen molar-refractivity contribution in [2.75, 3.05) is 13.2 Å². The molecule has 1 nitrogen and oxygen atoms in total. The van der Waals surface area contributed by atoms with E-state index < -0.39 is 0 Å². The Kier molecular flexibility index (Phi) is 6.40. The maximum absolute atomic E-state index is 5.63. The molecular formula is C12H25O. The van der Waals surface area contributed by atoms with Crippen LogP contribution in [-0.4, -0.2) is 13.2 Å². The normalized spacial score (nSPS) is 12.5. The van der Waals surface area contributed by atoms with E-state index in [-0.39, 0.29) is 0 Å². The minimum atomic E-state index is 0.312. The summed E-state index contributed by atoms with van der Waals surface area (Å²) < 4.78 is 5.63. The highest BCUT2D eigenvalue weighted by Crippen LogP contribution is 2.26. The summed E-state index contributed by atoms with van der Waals surface area (Å²) in [4.78, 5) is 0. The van der Waals surface area contributed by atoms with E-state index in [1.54, 1.807) is 0 Å². The molecule has 0 amide bonds. The van der Waals surface area contributed by atoms with Crippen molar-refractivity contribution >= 4 is 0 Å². The fourth-order valence-corrected chi connectivity index (χ4v) is 1.60. The van der Waals surface area contributed by atoms with E-state index in [0.29, 0.717) is 5.41 Å². The lowest BCUT2D eigenvalue weighted by Crippen LogP contribution is -2.21. The Labute approximate surface area is 83.9 Å². The van der Waals surface area contributed by atoms with Crippen molar-refractivity contribution in [2.24, 2.45) is 5.41 Å². The predicted molar refractivity (Wildman–Crippen MR) is 58.7 cm³/mol. The summed E-state index contributed by atoms with van der Waals surface area (Å²) in [7, 11) is 0. The highest BCUT2D eigenvalue weighted by atomic mass is 16.5. The van der Waals surface area contributed by atoms with Crippen LogP contribution in [0.15, 0.2) is 0 Å². The molecule has 0 aromatic rings. The fourth-order valence-electron chi connectivity index (χ4n) is 1.60. The molecule has 0 aliphatic carbocycles. The Morgan fingerprint density at radius 3 is 2.31 bits per heavy atom. The summed E-state index contributed by atoms with van der Waals surface area (Å²) in [6.45, 7) is 12.9. The van der Waals surface area contributed by atoms with Gasteiger partial charge in [0.05, 0.1) is 6.61 Å². The molecule has 0 rings (SSSR count). The van der Waals surface area contributed by atoms with Crippen LogP contribution in [0.3, 0.4) is 0 Å². The first-order valence-corrected chi connectivity index (χ1v) is 5.35. The van der Waals surface area contributed by atoms with Gasteiger partial charge in [-0.1, -0.05) is 41.0 Å². The summed E-state index contributed by atoms with van der Waals surface area (Å²) in [6, 6.07) is 0. The fraction of sp³-hybridized carbons (Fsp3) is 0.917. The van der Waals surface area contributed by atoms with Crippen molar-refractivity contribution in [3.8, 4) is 0 Å². The molecule has 13 heavy (non-hydrogen) atoms. The van der Waals surface area contributed by atoms with Gasteiger partial charge >= 0.3 is 0 Å². The van der Waals surface area contributed by atoms with E-state index in [4.69, 9.17) is 4.74 Å². The van der Waals surface area contributed by atoms with Gasteiger partial charge in [-0.25, -0.2) is 0 Å². The molecule has 1 radical (unpaired) electrons. The number of hydrogen-bond donors (Lipinski definition) is 0. The maximum atomic E-state index is 5.63. The first-order valence-electron chi connectivity index (χ1n) is 5.35. The van der Waals surface area contributed by atoms with Crippen LogP contribution in [0.4, 0.5) is 0 Å². The van der Waals surface area contributed by atoms with Crippen LogP contribution in [0.2, 0.25) is 0 Å². The molecule has 0 N–H and O–H groups in total. The van der Waals surface area contributed by atoms with Crippen molar-refractivity contribution in [3.63, 3.8) is 0 Å². The molecule has 0 bridgehead atoms. The monoisotopic (exact) mass is 185 g/mol. The van der Waals surface area contributed by atoms with Gasteiger partial charge in [0.2, 0.25) is 0 Å². The molecule has 0 atom stereocenters. The summed E-state index contributed by atoms with van der Waals surface area (Å²) in [5.74, 6) is 1.49. The minimum Gasteiger partial charge on any atom is -0.381 e. The number of unbranched alkanes of at least 4 members (excludes halogenated alkanes) is 1. The van der Waals surface area contributed by atoms with Gasteiger partial charge in [-0.2, -0.15) is 0 Å². The van der Waals surface area contributed by atoms with Crippen LogP contribution in [0, 0.1) is 11.3 Å². The second-order valence-electron chi connectivity index (χ2n) is 4.95. The summed E-state index contributed by atoms with van der Waals surface area (Å²) in [5.41, 5.74) is 0.312. The van der Waals surface area contributed by atoms with Crippen molar-refractivity contribution in [2.45, 2.75) is 53.9 Å². The van der Waals surface area contributed by atoms with E-state index >= 15 is 0 Å². The summed E-state index contributed by atoms with van der Waals surface area (Å²) in [5, 5.41) is 0. The van der Waals surface area contributed by atoms with Crippen LogP contribution in [0.5, 0.6) is 0 Å². The standard InChI is InChI=1S/C12H25O/c1-6-7-8-13-10-12(4,5)9-11(2)3/h6-10H2,1-5H3. The molecule has 0 spiro atoms. The Morgan fingerprint density at radius 1 is 1.23 bits per heavy atom. The first-order chi connectivity index (χ1) is 5.98. The van der Waals surface area contributed by atoms with E-state index in [9.17, 15) is 0 Å². The lowest BCUT2D eigenvalue weighted by Gasteiger charge is -2.26. The number of hydrogen-bond acceptors (Lipinski definition) is 1. The molecule has 0 aromatic carbocycles. The quantitative estimate of drug-likeness (QED) is 0.548. The van der Waals surface area contributed by atoms with Gasteiger partial charge in [0.25, 0.3) is 0 Å². The molecular weight excluding hydrogens is 160 g/mol. The molecule has 0 aromatic heterocycles. The Hall–Kier alpha value is -0.0400. The zero-order valence-corrected chi connectivity index (χ0v) is 9.94. The van der Waals surface area contributed by atoms with Gasteiger partial charge in [-0.05, 0) is 24.2 Å². The Morgan fingerprint density at radius 2 is 1.85 bits per heavy atom. The van der Waals surface area contributed by atoms with E-state index in [1.807, 2.05) is 0 Å². The van der Waals surface area contributed by atoms with Crippen molar-refractivity contribution in [1.82, 2.24) is 0 Å². The van der Waals surface area contributed by atoms with Gasteiger partial charge in [0.15, 0.2) is 0 Å². The van der Waals surface area contributed by atoms with Crippen molar-refractivity contribution in [3.05, 3.63) is 5.92 Å². The molecule has 0 aliphatic rings. The van der Waals surface area contributed by atoms with E-state index in [2.05, 4.69) is 34.6 Å². The van der Waals surface area contributed by atoms with Crippen LogP contribution in [0.1, 0.15) is 53.9 Å². The summed E-state index contributed by atoms with van der Waals surface area (Å²) >= 11 is 0. The number of rotatable bonds is 7. The number of ether oxygens (including phenoxy) is 1. The Balaban J connectivity index is 3.50. The summed E-state index contributed by atoms with van der Waals surface area (Å²) in [6.07, 6.45) is 3.57. The molecule has 0 unspecified atom stereocenters. The van der Waals surface area contributed by atoms with Gasteiger partial charge in [0.1, 0.15) is 0 Å². The minimum absolute atomic E-state index is 0.312. The van der Waals surface area contributed by atoms with Crippen LogP contribution in [-0.2, 0) is 4.74 Å². The molecule has 1 heteroatoms. The predicted octanol–water partition coefficient (Wildman–Crippen LogP) is 3.83. The third-order valence-corrected chi connectivity index (χ3v) is 1.97. The second kappa shape index (κ2) is 6.42. The molecule has 79 valence electrons. The SMILES string of the molecule is CCCCOCC(C)(C)C[C](C)C. The topological polar surface area (TPSA) is 9.23 Å². The molecule has 0 aliphatic heterocycles. The van der Waals surface area contributed by atoms with Crippen molar-refractivity contribution < 1.29 is 4.74 Å². The van der Waals surface area contributed by atoms with Gasteiger partial charge in [0, 0.05) is 6.61 Å². The second-order valence-corrected chi connectivity index (χ2v) is 4.95. The largest absolute Gasteiger partial charge is 0.381 e. The van der Waals surface area contributed by atoms with Crippen LogP contribution < -0.4 is 0 Å². The third-order valence-electron chi connectivity index (χ3n) is 1.97. The van der Waals surface area contributed by atoms with Crippen LogP contribution >= 0.6 is 0 Å². The Bertz CT molecular complexity index is 116. The van der Waals surface area contributed by atoms with Gasteiger partial charge in [-0.15, -0.1) is 0 Å². The zero-order chi connectivity index (χ0) is 10.3. The lowest BCUT2D eigenvalue weighted by molar-refractivity contribution is 0.0582. The van der Waals surface area contributed by atoms with Gasteiger partial charge < -0.3 is 4.74 Å². The van der Waals surface area contributed by atoms with E-state index in [0.717, 1.165) is 13.2 Å². The van der Waals surface area contributed by atoms with Crippen LogP contribution in [0.25, 0.3) is 0 Å². The lowest BCUT2D eigenvalue weighted by atomic mass is 9.85. The third kappa shape index (κ3) is 8.29. The van der Waals surface area contributed by atoms with Gasteiger partial charge in [-0.3, -0.25) is 0 Å². The average molecular weight is 185 g/mol. The molecule has 0 fully saturated rings. The van der Waals surface area contributed by atoms with E-state index in [1.165, 1.54) is 25.2 Å². The smallest absolute Gasteiger partial charge is 0.0517 e. The molecule has 0 saturated carbocycles. The molecule has 0 heterocycles.